The number of carbonyl (C=O) groups is 1. The monoisotopic (exact) mass is 236 g/mol. The van der Waals surface area contributed by atoms with E-state index in [1.165, 1.54) is 36.6 Å². The summed E-state index contributed by atoms with van der Waals surface area (Å²) < 4.78 is 1.51. The molecule has 0 aromatic carbocycles. The van der Waals surface area contributed by atoms with Gasteiger partial charge in [-0.2, -0.15) is 5.10 Å². The van der Waals surface area contributed by atoms with E-state index in [2.05, 4.69) is 10.4 Å². The van der Waals surface area contributed by atoms with Gasteiger partial charge in [-0.25, -0.2) is 0 Å². The molecule has 0 bridgehead atoms. The highest BCUT2D eigenvalue weighted by atomic mass is 16.2. The lowest BCUT2D eigenvalue weighted by atomic mass is 10.0. The van der Waals surface area contributed by atoms with Gasteiger partial charge in [-0.15, -0.1) is 0 Å². The summed E-state index contributed by atoms with van der Waals surface area (Å²) >= 11 is 0. The van der Waals surface area contributed by atoms with Gasteiger partial charge in [0.15, 0.2) is 0 Å². The molecule has 94 valence electrons. The Hall–Kier alpha value is -1.52. The lowest BCUT2D eigenvalue weighted by Gasteiger charge is -2.10. The first-order valence-electron chi connectivity index (χ1n) is 6.24. The largest absolute Gasteiger partial charge is 0.396 e. The molecule has 2 rings (SSSR count). The Morgan fingerprint density at radius 1 is 1.59 bits per heavy atom. The van der Waals surface area contributed by atoms with Crippen LogP contribution in [0.4, 0.5) is 5.69 Å². The molecule has 1 aromatic rings. The highest BCUT2D eigenvalue weighted by Gasteiger charge is 2.17. The predicted molar refractivity (Wildman–Crippen MR) is 66.5 cm³/mol. The predicted octanol–water partition coefficient (Wildman–Crippen LogP) is 1.31. The minimum absolute atomic E-state index is 0.125. The zero-order valence-electron chi connectivity index (χ0n) is 10.3. The van der Waals surface area contributed by atoms with Crippen LogP contribution in [0.5, 0.6) is 0 Å². The van der Waals surface area contributed by atoms with Gasteiger partial charge in [-0.05, 0) is 12.3 Å². The van der Waals surface area contributed by atoms with Crippen molar-refractivity contribution in [3.63, 3.8) is 0 Å². The van der Waals surface area contributed by atoms with Crippen molar-refractivity contribution in [3.05, 3.63) is 11.9 Å². The summed E-state index contributed by atoms with van der Waals surface area (Å²) in [7, 11) is 1.72. The maximum absolute atomic E-state index is 11.9. The van der Waals surface area contributed by atoms with Crippen LogP contribution in [0.1, 0.15) is 42.6 Å². The normalized spacial score (nSPS) is 16.3. The van der Waals surface area contributed by atoms with E-state index in [9.17, 15) is 4.79 Å². The summed E-state index contributed by atoms with van der Waals surface area (Å²) in [6, 6.07) is 0. The number of anilines is 1. The van der Waals surface area contributed by atoms with E-state index in [-0.39, 0.29) is 5.91 Å². The van der Waals surface area contributed by atoms with Gasteiger partial charge in [0, 0.05) is 13.6 Å². The van der Waals surface area contributed by atoms with Crippen molar-refractivity contribution in [2.45, 2.75) is 32.1 Å². The van der Waals surface area contributed by atoms with Crippen molar-refractivity contribution >= 4 is 11.6 Å². The average Bonchev–Trinajstić information content (AvgIpc) is 2.89. The Balaban J connectivity index is 1.81. The fourth-order valence-corrected chi connectivity index (χ4v) is 2.51. The summed E-state index contributed by atoms with van der Waals surface area (Å²) in [5.41, 5.74) is 6.58. The summed E-state index contributed by atoms with van der Waals surface area (Å²) in [6.45, 7) is 0.730. The maximum atomic E-state index is 11.9. The van der Waals surface area contributed by atoms with Crippen LogP contribution >= 0.6 is 0 Å². The fraction of sp³-hybridized carbons (Fsp3) is 0.667. The van der Waals surface area contributed by atoms with Gasteiger partial charge in [-0.3, -0.25) is 9.48 Å². The van der Waals surface area contributed by atoms with Crippen molar-refractivity contribution in [1.82, 2.24) is 15.1 Å². The van der Waals surface area contributed by atoms with Crippen molar-refractivity contribution in [2.75, 3.05) is 12.3 Å². The fourth-order valence-electron chi connectivity index (χ4n) is 2.51. The van der Waals surface area contributed by atoms with E-state index in [0.29, 0.717) is 11.4 Å². The molecule has 1 aliphatic rings. The average molecular weight is 236 g/mol. The first kappa shape index (κ1) is 12.0. The number of nitrogens with zero attached hydrogens (tertiary/aromatic N) is 2. The van der Waals surface area contributed by atoms with Crippen LogP contribution in [0, 0.1) is 5.92 Å². The Bertz CT molecular complexity index is 374. The number of aryl methyl sites for hydroxylation is 1. The van der Waals surface area contributed by atoms with Gasteiger partial charge in [-0.1, -0.05) is 25.7 Å². The van der Waals surface area contributed by atoms with Crippen LogP contribution in [0.25, 0.3) is 0 Å². The highest BCUT2D eigenvalue weighted by Crippen LogP contribution is 2.26. The van der Waals surface area contributed by atoms with E-state index in [1.54, 1.807) is 7.05 Å². The third-order valence-electron chi connectivity index (χ3n) is 3.50. The summed E-state index contributed by atoms with van der Waals surface area (Å²) in [5.74, 6) is 0.666. The van der Waals surface area contributed by atoms with E-state index in [0.717, 1.165) is 18.9 Å². The maximum Gasteiger partial charge on any atom is 0.271 e. The Morgan fingerprint density at radius 3 is 2.88 bits per heavy atom. The Morgan fingerprint density at radius 2 is 2.29 bits per heavy atom. The van der Waals surface area contributed by atoms with Crippen LogP contribution < -0.4 is 11.1 Å². The van der Waals surface area contributed by atoms with Crippen molar-refractivity contribution in [2.24, 2.45) is 13.0 Å². The molecule has 0 radical (unpaired) electrons. The first-order valence-corrected chi connectivity index (χ1v) is 6.24. The third-order valence-corrected chi connectivity index (χ3v) is 3.50. The third kappa shape index (κ3) is 2.78. The molecule has 1 saturated carbocycles. The molecule has 1 fully saturated rings. The van der Waals surface area contributed by atoms with Crippen LogP contribution in [0.2, 0.25) is 0 Å². The van der Waals surface area contributed by atoms with E-state index in [4.69, 9.17) is 5.73 Å². The zero-order chi connectivity index (χ0) is 12.3. The number of carbonyl (C=O) groups excluding carboxylic acids is 1. The van der Waals surface area contributed by atoms with Gasteiger partial charge < -0.3 is 11.1 Å². The lowest BCUT2D eigenvalue weighted by Crippen LogP contribution is -2.28. The van der Waals surface area contributed by atoms with Gasteiger partial charge in [0.05, 0.1) is 11.9 Å². The topological polar surface area (TPSA) is 72.9 Å². The molecule has 5 heteroatoms. The Kier molecular flexibility index (Phi) is 3.66. The zero-order valence-corrected chi connectivity index (χ0v) is 10.3. The number of rotatable bonds is 4. The minimum atomic E-state index is -0.125. The number of hydrogen-bond acceptors (Lipinski definition) is 3. The lowest BCUT2D eigenvalue weighted by molar-refractivity contribution is 0.0943. The molecular weight excluding hydrogens is 216 g/mol. The number of nitrogen functional groups attached to an aromatic ring is 1. The molecular formula is C12H20N4O. The van der Waals surface area contributed by atoms with Crippen LogP contribution in [0.3, 0.4) is 0 Å². The van der Waals surface area contributed by atoms with Crippen LogP contribution in [-0.2, 0) is 7.05 Å². The van der Waals surface area contributed by atoms with E-state index < -0.39 is 0 Å². The van der Waals surface area contributed by atoms with Gasteiger partial charge >= 0.3 is 0 Å². The van der Waals surface area contributed by atoms with Gasteiger partial charge in [0.2, 0.25) is 0 Å². The molecule has 1 aromatic heterocycles. The summed E-state index contributed by atoms with van der Waals surface area (Å²) in [4.78, 5) is 11.9. The molecule has 1 heterocycles. The molecule has 3 N–H and O–H groups in total. The van der Waals surface area contributed by atoms with Crippen LogP contribution in [0.15, 0.2) is 6.20 Å². The minimum Gasteiger partial charge on any atom is -0.396 e. The number of hydrogen-bond donors (Lipinski definition) is 2. The standard InChI is InChI=1S/C12H20N4O/c1-16-11(10(13)8-15-16)12(17)14-7-6-9-4-2-3-5-9/h8-9H,2-7,13H2,1H3,(H,14,17). The number of nitrogens with one attached hydrogen (secondary N) is 1. The van der Waals surface area contributed by atoms with E-state index >= 15 is 0 Å². The molecule has 0 aliphatic heterocycles. The van der Waals surface area contributed by atoms with Gasteiger partial charge in [0.25, 0.3) is 5.91 Å². The SMILES string of the molecule is Cn1ncc(N)c1C(=O)NCCC1CCCC1. The Labute approximate surface area is 101 Å². The first-order chi connectivity index (χ1) is 8.18. The van der Waals surface area contributed by atoms with Crippen molar-refractivity contribution < 1.29 is 4.79 Å². The molecule has 0 saturated heterocycles. The smallest absolute Gasteiger partial charge is 0.271 e. The highest BCUT2D eigenvalue weighted by molar-refractivity contribution is 5.97. The van der Waals surface area contributed by atoms with Crippen molar-refractivity contribution in [3.8, 4) is 0 Å². The number of aromatic nitrogens is 2. The van der Waals surface area contributed by atoms with Crippen LogP contribution in [-0.4, -0.2) is 22.2 Å². The van der Waals surface area contributed by atoms with E-state index in [1.807, 2.05) is 0 Å². The van der Waals surface area contributed by atoms with Gasteiger partial charge in [0.1, 0.15) is 5.69 Å². The number of amides is 1. The molecule has 0 spiro atoms. The molecule has 17 heavy (non-hydrogen) atoms. The molecule has 1 amide bonds. The summed E-state index contributed by atoms with van der Waals surface area (Å²) in [5, 5.41) is 6.87. The molecule has 5 nitrogen and oxygen atoms in total. The molecule has 0 unspecified atom stereocenters. The second kappa shape index (κ2) is 5.21. The molecule has 0 atom stereocenters. The number of nitrogens with two attached hydrogens (primary N) is 1. The quantitative estimate of drug-likeness (QED) is 0.828. The van der Waals surface area contributed by atoms with Crippen molar-refractivity contribution in [1.29, 1.82) is 0 Å². The second-order valence-corrected chi connectivity index (χ2v) is 4.77. The summed E-state index contributed by atoms with van der Waals surface area (Å²) in [6.07, 6.45) is 7.88. The second-order valence-electron chi connectivity index (χ2n) is 4.77. The molecule has 1 aliphatic carbocycles.